The molecule has 220 valence electrons. The van der Waals surface area contributed by atoms with Gasteiger partial charge in [0.2, 0.25) is 0 Å². The van der Waals surface area contributed by atoms with Gasteiger partial charge in [-0.15, -0.1) is 0 Å². The largest absolute Gasteiger partial charge is 0.493 e. The van der Waals surface area contributed by atoms with Crippen molar-refractivity contribution in [3.05, 3.63) is 70.6 Å². The third kappa shape index (κ3) is 7.68. The van der Waals surface area contributed by atoms with Crippen LogP contribution in [0.5, 0.6) is 5.75 Å². The fraction of sp³-hybridized carbons (Fsp3) is 0.438. The van der Waals surface area contributed by atoms with E-state index in [1.807, 2.05) is 24.3 Å². The van der Waals surface area contributed by atoms with Crippen molar-refractivity contribution in [1.82, 2.24) is 4.98 Å². The van der Waals surface area contributed by atoms with Crippen molar-refractivity contribution in [3.63, 3.8) is 0 Å². The van der Waals surface area contributed by atoms with Crippen LogP contribution in [0.3, 0.4) is 0 Å². The smallest absolute Gasteiger partial charge is 0.337 e. The summed E-state index contributed by atoms with van der Waals surface area (Å²) in [5.74, 6) is -0.541. The number of nitrogen functional groups attached to an aromatic ring is 1. The van der Waals surface area contributed by atoms with Crippen molar-refractivity contribution in [2.24, 2.45) is 5.41 Å². The van der Waals surface area contributed by atoms with Crippen LogP contribution in [0, 0.1) is 11.2 Å². The zero-order valence-electron chi connectivity index (χ0n) is 24.3. The molecular formula is C32H39ClFN3O4. The van der Waals surface area contributed by atoms with Gasteiger partial charge in [0.05, 0.1) is 23.5 Å². The minimum absolute atomic E-state index is 0.0171. The molecule has 1 aromatic heterocycles. The molecule has 41 heavy (non-hydrogen) atoms. The highest BCUT2D eigenvalue weighted by molar-refractivity contribution is 6.31. The lowest BCUT2D eigenvalue weighted by atomic mass is 9.82. The molecule has 1 aliphatic heterocycles. The van der Waals surface area contributed by atoms with Crippen LogP contribution < -0.4 is 15.4 Å². The van der Waals surface area contributed by atoms with E-state index in [0.29, 0.717) is 48.7 Å². The number of carboxylic acids is 1. The van der Waals surface area contributed by atoms with Crippen LogP contribution in [0.1, 0.15) is 64.7 Å². The Hall–Kier alpha value is -3.36. The molecule has 0 radical (unpaired) electrons. The van der Waals surface area contributed by atoms with Gasteiger partial charge in [0, 0.05) is 25.1 Å². The van der Waals surface area contributed by atoms with Gasteiger partial charge >= 0.3 is 5.97 Å². The maximum atomic E-state index is 13.2. The molecule has 3 aromatic rings. The first-order valence-electron chi connectivity index (χ1n) is 13.9. The Bertz CT molecular complexity index is 1360. The molecule has 0 saturated carbocycles. The molecule has 9 heteroatoms. The molecule has 1 unspecified atom stereocenters. The zero-order chi connectivity index (χ0) is 29.9. The molecular weight excluding hydrogens is 545 g/mol. The minimum atomic E-state index is -1.34. The molecule has 7 nitrogen and oxygen atoms in total. The van der Waals surface area contributed by atoms with Crippen molar-refractivity contribution >= 4 is 29.1 Å². The number of piperidine rings is 1. The number of nitrogens with two attached hydrogens (primary N) is 1. The van der Waals surface area contributed by atoms with Crippen molar-refractivity contribution < 1.29 is 23.8 Å². The van der Waals surface area contributed by atoms with E-state index >= 15 is 0 Å². The first kappa shape index (κ1) is 30.6. The van der Waals surface area contributed by atoms with E-state index in [9.17, 15) is 14.3 Å². The van der Waals surface area contributed by atoms with Gasteiger partial charge in [-0.1, -0.05) is 49.7 Å². The SMILES string of the molecule is CC1(C)CCN(c2c(-c3ccc(OCCc4ccc(F)cc4)cc3)c(N)nc(Cl)c2C(OC(C)(C)C)C(=O)O)CC1. The number of benzene rings is 2. The van der Waals surface area contributed by atoms with Gasteiger partial charge in [-0.05, 0) is 74.4 Å². The summed E-state index contributed by atoms with van der Waals surface area (Å²) in [6, 6.07) is 13.8. The summed E-state index contributed by atoms with van der Waals surface area (Å²) in [7, 11) is 0. The maximum Gasteiger partial charge on any atom is 0.337 e. The number of carboxylic acid groups (broad SMARTS) is 1. The minimum Gasteiger partial charge on any atom is -0.493 e. The van der Waals surface area contributed by atoms with Gasteiger partial charge in [0.15, 0.2) is 6.10 Å². The monoisotopic (exact) mass is 583 g/mol. The quantitative estimate of drug-likeness (QED) is 0.255. The normalized spacial score (nSPS) is 15.9. The fourth-order valence-corrected chi connectivity index (χ4v) is 5.28. The van der Waals surface area contributed by atoms with Crippen LogP contribution in [0.2, 0.25) is 5.15 Å². The summed E-state index contributed by atoms with van der Waals surface area (Å²) in [4.78, 5) is 19.1. The number of pyridine rings is 1. The van der Waals surface area contributed by atoms with Crippen LogP contribution in [-0.4, -0.2) is 41.4 Å². The lowest BCUT2D eigenvalue weighted by Gasteiger charge is -2.41. The summed E-state index contributed by atoms with van der Waals surface area (Å²) >= 11 is 6.68. The predicted octanol–water partition coefficient (Wildman–Crippen LogP) is 7.31. The second kappa shape index (κ2) is 12.2. The molecule has 0 bridgehead atoms. The van der Waals surface area contributed by atoms with E-state index in [2.05, 4.69) is 23.7 Å². The molecule has 0 amide bonds. The molecule has 3 N–H and O–H groups in total. The molecule has 1 aliphatic rings. The average molecular weight is 584 g/mol. The highest BCUT2D eigenvalue weighted by Crippen LogP contribution is 2.47. The van der Waals surface area contributed by atoms with Crippen LogP contribution in [-0.2, 0) is 16.0 Å². The number of carbonyl (C=O) groups is 1. The number of nitrogens with zero attached hydrogens (tertiary/aromatic N) is 2. The first-order chi connectivity index (χ1) is 19.2. The number of anilines is 2. The molecule has 1 saturated heterocycles. The topological polar surface area (TPSA) is 97.9 Å². The van der Waals surface area contributed by atoms with Gasteiger partial charge in [0.1, 0.15) is 22.5 Å². The Morgan fingerprint density at radius 2 is 1.73 bits per heavy atom. The number of aromatic nitrogens is 1. The van der Waals surface area contributed by atoms with E-state index < -0.39 is 17.7 Å². The lowest BCUT2D eigenvalue weighted by Crippen LogP contribution is -2.39. The van der Waals surface area contributed by atoms with Gasteiger partial charge in [-0.3, -0.25) is 0 Å². The van der Waals surface area contributed by atoms with Crippen LogP contribution >= 0.6 is 11.6 Å². The highest BCUT2D eigenvalue weighted by Gasteiger charge is 2.37. The average Bonchev–Trinajstić information content (AvgIpc) is 2.88. The van der Waals surface area contributed by atoms with E-state index in [0.717, 1.165) is 24.0 Å². The standard InChI is InChI=1S/C32H39ClFN3O4/c1-31(2,3)41-27(30(38)39)25-26(37-17-15-32(4,5)16-18-37)24(29(35)36-28(25)33)21-8-12-23(13-9-21)40-19-14-20-6-10-22(34)11-7-20/h6-13,27H,14-19H2,1-5H3,(H2,35,36)(H,38,39). The number of ether oxygens (including phenoxy) is 2. The summed E-state index contributed by atoms with van der Waals surface area (Å²) in [5.41, 5.74) is 9.23. The van der Waals surface area contributed by atoms with Crippen LogP contribution in [0.15, 0.2) is 48.5 Å². The van der Waals surface area contributed by atoms with E-state index in [4.69, 9.17) is 26.8 Å². The second-order valence-electron chi connectivity index (χ2n) is 12.3. The van der Waals surface area contributed by atoms with Gasteiger partial charge in [-0.2, -0.15) is 0 Å². The first-order valence-corrected chi connectivity index (χ1v) is 14.2. The number of halogens is 2. The molecule has 4 rings (SSSR count). The number of aliphatic carboxylic acids is 1. The molecule has 2 aromatic carbocycles. The number of hydrogen-bond acceptors (Lipinski definition) is 6. The molecule has 2 heterocycles. The number of hydrogen-bond donors (Lipinski definition) is 2. The Morgan fingerprint density at radius 1 is 1.12 bits per heavy atom. The second-order valence-corrected chi connectivity index (χ2v) is 12.6. The molecule has 1 atom stereocenters. The maximum absolute atomic E-state index is 13.2. The van der Waals surface area contributed by atoms with Crippen molar-refractivity contribution in [2.75, 3.05) is 30.3 Å². The molecule has 0 aliphatic carbocycles. The van der Waals surface area contributed by atoms with E-state index in [1.54, 1.807) is 32.9 Å². The Kier molecular flexibility index (Phi) is 9.14. The summed E-state index contributed by atoms with van der Waals surface area (Å²) in [6.07, 6.45) is 1.14. The fourth-order valence-electron chi connectivity index (χ4n) is 5.00. The van der Waals surface area contributed by atoms with Crippen molar-refractivity contribution in [3.8, 4) is 16.9 Å². The van der Waals surface area contributed by atoms with Crippen molar-refractivity contribution in [2.45, 2.75) is 65.6 Å². The van der Waals surface area contributed by atoms with E-state index in [1.165, 1.54) is 12.1 Å². The summed E-state index contributed by atoms with van der Waals surface area (Å²) in [5, 5.41) is 10.3. The highest BCUT2D eigenvalue weighted by atomic mass is 35.5. The third-order valence-electron chi connectivity index (χ3n) is 7.30. The molecule has 1 fully saturated rings. The number of rotatable bonds is 9. The van der Waals surface area contributed by atoms with Crippen LogP contribution in [0.4, 0.5) is 15.9 Å². The lowest BCUT2D eigenvalue weighted by molar-refractivity contribution is -0.160. The van der Waals surface area contributed by atoms with Gasteiger partial charge in [0.25, 0.3) is 0 Å². The summed E-state index contributed by atoms with van der Waals surface area (Å²) in [6.45, 7) is 11.7. The van der Waals surface area contributed by atoms with Crippen LogP contribution in [0.25, 0.3) is 11.1 Å². The molecule has 0 spiro atoms. The van der Waals surface area contributed by atoms with E-state index in [-0.39, 0.29) is 22.2 Å². The Labute approximate surface area is 246 Å². The third-order valence-corrected chi connectivity index (χ3v) is 7.58. The Balaban J connectivity index is 1.71. The summed E-state index contributed by atoms with van der Waals surface area (Å²) < 4.78 is 25.1. The predicted molar refractivity (Wildman–Crippen MR) is 161 cm³/mol. The zero-order valence-corrected chi connectivity index (χ0v) is 25.1. The van der Waals surface area contributed by atoms with Gasteiger partial charge < -0.3 is 25.2 Å². The Morgan fingerprint density at radius 3 is 2.29 bits per heavy atom. The van der Waals surface area contributed by atoms with Gasteiger partial charge in [-0.25, -0.2) is 14.2 Å². The van der Waals surface area contributed by atoms with Crippen molar-refractivity contribution in [1.29, 1.82) is 0 Å².